The van der Waals surface area contributed by atoms with Gasteiger partial charge in [0.2, 0.25) is 0 Å². The van der Waals surface area contributed by atoms with Crippen molar-refractivity contribution < 1.29 is 9.90 Å². The van der Waals surface area contributed by atoms with Gasteiger partial charge in [-0.2, -0.15) is 0 Å². The number of hydrogen-bond acceptors (Lipinski definition) is 2. The minimum atomic E-state index is -0.759. The van der Waals surface area contributed by atoms with E-state index >= 15 is 0 Å². The highest BCUT2D eigenvalue weighted by molar-refractivity contribution is 9.10. The van der Waals surface area contributed by atoms with Gasteiger partial charge in [0, 0.05) is 9.37 Å². The van der Waals surface area contributed by atoms with Gasteiger partial charge in [-0.25, -0.2) is 0 Å². The van der Waals surface area contributed by atoms with Gasteiger partial charge in [-0.05, 0) is 34.0 Å². The summed E-state index contributed by atoms with van der Waals surface area (Å²) in [5, 5.41) is 8.66. The molecular formula is C11H13BrO2S. The molecule has 0 radical (unpaired) electrons. The maximum absolute atomic E-state index is 11.0. The van der Waals surface area contributed by atoms with Crippen molar-refractivity contribution in [3.05, 3.63) is 28.7 Å². The van der Waals surface area contributed by atoms with Crippen LogP contribution < -0.4 is 0 Å². The van der Waals surface area contributed by atoms with Crippen LogP contribution in [0.1, 0.15) is 13.8 Å². The molecule has 15 heavy (non-hydrogen) atoms. The molecule has 0 aliphatic rings. The molecule has 82 valence electrons. The maximum Gasteiger partial charge on any atom is 0.317 e. The first kappa shape index (κ1) is 12.6. The van der Waals surface area contributed by atoms with E-state index in [4.69, 9.17) is 5.11 Å². The number of carbonyl (C=O) groups is 1. The molecule has 0 aliphatic heterocycles. The summed E-state index contributed by atoms with van der Waals surface area (Å²) in [4.78, 5) is 12.0. The van der Waals surface area contributed by atoms with Crippen molar-refractivity contribution in [2.75, 3.05) is 0 Å². The van der Waals surface area contributed by atoms with Crippen molar-refractivity contribution in [2.45, 2.75) is 24.0 Å². The lowest BCUT2D eigenvalue weighted by atomic mass is 10.1. The molecule has 0 heterocycles. The van der Waals surface area contributed by atoms with Crippen LogP contribution in [0.5, 0.6) is 0 Å². The second kappa shape index (κ2) is 5.56. The monoisotopic (exact) mass is 288 g/mol. The lowest BCUT2D eigenvalue weighted by Crippen LogP contribution is -2.22. The van der Waals surface area contributed by atoms with Crippen molar-refractivity contribution in [2.24, 2.45) is 5.92 Å². The minimum absolute atomic E-state index is 0.111. The first-order chi connectivity index (χ1) is 7.02. The Labute approximate surface area is 102 Å². The molecule has 0 aromatic heterocycles. The number of halogens is 1. The van der Waals surface area contributed by atoms with Crippen LogP contribution in [0.3, 0.4) is 0 Å². The fraction of sp³-hybridized carbons (Fsp3) is 0.364. The van der Waals surface area contributed by atoms with Crippen molar-refractivity contribution in [1.82, 2.24) is 0 Å². The first-order valence-electron chi connectivity index (χ1n) is 4.66. The second-order valence-corrected chi connectivity index (χ2v) is 5.59. The van der Waals surface area contributed by atoms with E-state index in [1.807, 2.05) is 38.1 Å². The molecule has 1 atom stereocenters. The Kier molecular flexibility index (Phi) is 4.67. The third-order valence-corrected chi connectivity index (χ3v) is 4.50. The lowest BCUT2D eigenvalue weighted by molar-refractivity contribution is -0.137. The molecule has 0 saturated carbocycles. The van der Waals surface area contributed by atoms with Crippen LogP contribution in [0.4, 0.5) is 0 Å². The van der Waals surface area contributed by atoms with E-state index < -0.39 is 11.2 Å². The smallest absolute Gasteiger partial charge is 0.317 e. The third kappa shape index (κ3) is 3.54. The van der Waals surface area contributed by atoms with E-state index in [9.17, 15) is 4.79 Å². The number of hydrogen-bond donors (Lipinski definition) is 1. The Morgan fingerprint density at radius 3 is 2.47 bits per heavy atom. The Balaban J connectivity index is 2.84. The van der Waals surface area contributed by atoms with Gasteiger partial charge in [-0.1, -0.05) is 26.0 Å². The minimum Gasteiger partial charge on any atom is -0.480 e. The second-order valence-electron chi connectivity index (χ2n) is 3.55. The van der Waals surface area contributed by atoms with Gasteiger partial charge in [-0.15, -0.1) is 11.8 Å². The van der Waals surface area contributed by atoms with Crippen molar-refractivity contribution in [3.63, 3.8) is 0 Å². The summed E-state index contributed by atoms with van der Waals surface area (Å²) >= 11 is 4.79. The van der Waals surface area contributed by atoms with E-state index in [0.717, 1.165) is 9.37 Å². The van der Waals surface area contributed by atoms with Crippen LogP contribution in [-0.4, -0.2) is 16.3 Å². The van der Waals surface area contributed by atoms with E-state index in [1.165, 1.54) is 11.8 Å². The molecule has 0 amide bonds. The molecule has 1 rings (SSSR count). The predicted octanol–water partition coefficient (Wildman–Crippen LogP) is 3.65. The zero-order valence-electron chi connectivity index (χ0n) is 8.61. The molecule has 1 aromatic rings. The standard InChI is InChI=1S/C11H13BrO2S/c1-7(2)10(11(13)14)15-9-6-4-3-5-8(9)12/h3-7,10H,1-2H3,(H,13,14). The van der Waals surface area contributed by atoms with Crippen LogP contribution >= 0.6 is 27.7 Å². The van der Waals surface area contributed by atoms with Crippen LogP contribution in [0.2, 0.25) is 0 Å². The Morgan fingerprint density at radius 2 is 2.00 bits per heavy atom. The fourth-order valence-electron chi connectivity index (χ4n) is 1.15. The molecule has 0 spiro atoms. The molecule has 1 aromatic carbocycles. The van der Waals surface area contributed by atoms with Gasteiger partial charge in [-0.3, -0.25) is 4.79 Å². The van der Waals surface area contributed by atoms with Gasteiger partial charge in [0.25, 0.3) is 0 Å². The average molecular weight is 289 g/mol. The van der Waals surface area contributed by atoms with Gasteiger partial charge in [0.15, 0.2) is 0 Å². The van der Waals surface area contributed by atoms with E-state index in [1.54, 1.807) is 0 Å². The molecule has 1 N–H and O–H groups in total. The van der Waals surface area contributed by atoms with Crippen molar-refractivity contribution >= 4 is 33.7 Å². The largest absolute Gasteiger partial charge is 0.480 e. The van der Waals surface area contributed by atoms with Gasteiger partial charge in [0.05, 0.1) is 0 Å². The van der Waals surface area contributed by atoms with E-state index in [-0.39, 0.29) is 5.92 Å². The van der Waals surface area contributed by atoms with Crippen LogP contribution in [0.25, 0.3) is 0 Å². The molecule has 0 aliphatic carbocycles. The van der Waals surface area contributed by atoms with E-state index in [2.05, 4.69) is 15.9 Å². The topological polar surface area (TPSA) is 37.3 Å². The quantitative estimate of drug-likeness (QED) is 0.860. The molecule has 2 nitrogen and oxygen atoms in total. The third-order valence-electron chi connectivity index (χ3n) is 1.94. The van der Waals surface area contributed by atoms with Gasteiger partial charge >= 0.3 is 5.97 Å². The highest BCUT2D eigenvalue weighted by atomic mass is 79.9. The van der Waals surface area contributed by atoms with Crippen LogP contribution in [-0.2, 0) is 4.79 Å². The van der Waals surface area contributed by atoms with E-state index in [0.29, 0.717) is 0 Å². The number of carboxylic acid groups (broad SMARTS) is 1. The summed E-state index contributed by atoms with van der Waals surface area (Å²) in [7, 11) is 0. The van der Waals surface area contributed by atoms with Crippen molar-refractivity contribution in [1.29, 1.82) is 0 Å². The van der Waals surface area contributed by atoms with Gasteiger partial charge < -0.3 is 5.11 Å². The SMILES string of the molecule is CC(C)C(Sc1ccccc1Br)C(=O)O. The number of benzene rings is 1. The summed E-state index contributed by atoms with van der Waals surface area (Å²) in [5.74, 6) is -0.648. The number of carboxylic acids is 1. The molecule has 4 heteroatoms. The summed E-state index contributed by atoms with van der Waals surface area (Å²) in [6.07, 6.45) is 0. The molecule has 1 unspecified atom stereocenters. The van der Waals surface area contributed by atoms with Crippen molar-refractivity contribution in [3.8, 4) is 0 Å². The van der Waals surface area contributed by atoms with Crippen LogP contribution in [0, 0.1) is 5.92 Å². The average Bonchev–Trinajstić information content (AvgIpc) is 2.15. The molecule has 0 saturated heterocycles. The highest BCUT2D eigenvalue weighted by Gasteiger charge is 2.23. The lowest BCUT2D eigenvalue weighted by Gasteiger charge is -2.16. The molecule has 0 bridgehead atoms. The number of thioether (sulfide) groups is 1. The zero-order chi connectivity index (χ0) is 11.4. The first-order valence-corrected chi connectivity index (χ1v) is 6.33. The Morgan fingerprint density at radius 1 is 1.40 bits per heavy atom. The maximum atomic E-state index is 11.0. The zero-order valence-corrected chi connectivity index (χ0v) is 11.0. The fourth-order valence-corrected chi connectivity index (χ4v) is 2.70. The van der Waals surface area contributed by atoms with Gasteiger partial charge in [0.1, 0.15) is 5.25 Å². The summed E-state index contributed by atoms with van der Waals surface area (Å²) in [6.45, 7) is 3.84. The summed E-state index contributed by atoms with van der Waals surface area (Å²) in [5.41, 5.74) is 0. The normalized spacial score (nSPS) is 12.8. The Hall–Kier alpha value is -0.480. The predicted molar refractivity (Wildman–Crippen MR) is 66.3 cm³/mol. The Bertz CT molecular complexity index is 352. The molecule has 0 fully saturated rings. The highest BCUT2D eigenvalue weighted by Crippen LogP contribution is 2.33. The summed E-state index contributed by atoms with van der Waals surface area (Å²) < 4.78 is 0.946. The number of aliphatic carboxylic acids is 1. The van der Waals surface area contributed by atoms with Crippen LogP contribution in [0.15, 0.2) is 33.6 Å². The number of rotatable bonds is 4. The summed E-state index contributed by atoms with van der Waals surface area (Å²) in [6, 6.07) is 7.67. The molecular weight excluding hydrogens is 276 g/mol.